The Morgan fingerprint density at radius 1 is 1.43 bits per heavy atom. The molecule has 0 aromatic carbocycles. The molecule has 1 aliphatic carbocycles. The number of methoxy groups -OCH3 is 1. The van der Waals surface area contributed by atoms with Gasteiger partial charge in [0.1, 0.15) is 6.04 Å². The zero-order chi connectivity index (χ0) is 15.6. The van der Waals surface area contributed by atoms with E-state index in [1.165, 1.54) is 4.90 Å². The van der Waals surface area contributed by atoms with Crippen LogP contribution in [0, 0.1) is 5.92 Å². The van der Waals surface area contributed by atoms with E-state index >= 15 is 0 Å². The van der Waals surface area contributed by atoms with Crippen molar-refractivity contribution in [2.75, 3.05) is 26.8 Å². The molecular weight excluding hydrogens is 276 g/mol. The second kappa shape index (κ2) is 6.62. The second-order valence-corrected chi connectivity index (χ2v) is 5.94. The van der Waals surface area contributed by atoms with Crippen LogP contribution in [-0.2, 0) is 9.53 Å². The lowest BCUT2D eigenvalue weighted by Gasteiger charge is -2.34. The summed E-state index contributed by atoms with van der Waals surface area (Å²) in [5.74, 6) is -0.577. The van der Waals surface area contributed by atoms with Gasteiger partial charge in [-0.2, -0.15) is 0 Å². The normalized spacial score (nSPS) is 26.7. The first-order chi connectivity index (χ1) is 9.95. The number of carboxylic acids is 1. The predicted octanol–water partition coefficient (Wildman–Crippen LogP) is 0.373. The Morgan fingerprint density at radius 3 is 2.62 bits per heavy atom. The van der Waals surface area contributed by atoms with Crippen LogP contribution < -0.4 is 0 Å². The van der Waals surface area contributed by atoms with Gasteiger partial charge in [0, 0.05) is 32.7 Å². The molecule has 1 saturated carbocycles. The molecule has 2 amide bonds. The van der Waals surface area contributed by atoms with Gasteiger partial charge < -0.3 is 24.7 Å². The molecule has 120 valence electrons. The number of aliphatic hydroxyl groups excluding tert-OH is 1. The minimum Gasteiger partial charge on any atom is -0.480 e. The maximum Gasteiger partial charge on any atom is 0.326 e. The van der Waals surface area contributed by atoms with Crippen LogP contribution in [0.1, 0.15) is 26.2 Å². The molecule has 1 heterocycles. The van der Waals surface area contributed by atoms with Gasteiger partial charge in [0.2, 0.25) is 0 Å². The molecule has 7 nitrogen and oxygen atoms in total. The summed E-state index contributed by atoms with van der Waals surface area (Å²) in [4.78, 5) is 26.9. The van der Waals surface area contributed by atoms with Crippen LogP contribution in [0.3, 0.4) is 0 Å². The summed E-state index contributed by atoms with van der Waals surface area (Å²) < 4.78 is 5.05. The Morgan fingerprint density at radius 2 is 2.10 bits per heavy atom. The van der Waals surface area contributed by atoms with Crippen molar-refractivity contribution in [2.24, 2.45) is 5.92 Å². The molecular formula is C14H24N2O5. The van der Waals surface area contributed by atoms with Crippen LogP contribution in [-0.4, -0.2) is 77.0 Å². The predicted molar refractivity (Wildman–Crippen MR) is 74.9 cm³/mol. The number of amides is 2. The van der Waals surface area contributed by atoms with E-state index in [4.69, 9.17) is 4.74 Å². The molecule has 3 atom stereocenters. The molecule has 2 aliphatic rings. The number of carbonyl (C=O) groups excluding carboxylic acids is 1. The van der Waals surface area contributed by atoms with E-state index in [9.17, 15) is 19.8 Å². The number of carbonyl (C=O) groups is 2. The number of aliphatic hydroxyl groups is 1. The lowest BCUT2D eigenvalue weighted by Crippen LogP contribution is -2.52. The summed E-state index contributed by atoms with van der Waals surface area (Å²) in [5.41, 5.74) is 0. The van der Waals surface area contributed by atoms with Gasteiger partial charge in [-0.15, -0.1) is 0 Å². The van der Waals surface area contributed by atoms with E-state index in [-0.39, 0.29) is 25.0 Å². The van der Waals surface area contributed by atoms with Gasteiger partial charge in [-0.3, -0.25) is 0 Å². The lowest BCUT2D eigenvalue weighted by molar-refractivity contribution is -0.141. The van der Waals surface area contributed by atoms with Crippen molar-refractivity contribution in [1.82, 2.24) is 9.80 Å². The third kappa shape index (κ3) is 3.65. The maximum atomic E-state index is 12.7. The quantitative estimate of drug-likeness (QED) is 0.740. The highest BCUT2D eigenvalue weighted by Gasteiger charge is 2.43. The van der Waals surface area contributed by atoms with E-state index in [2.05, 4.69) is 0 Å². The largest absolute Gasteiger partial charge is 0.480 e. The van der Waals surface area contributed by atoms with E-state index in [0.29, 0.717) is 19.1 Å². The minimum absolute atomic E-state index is 0.0693. The molecule has 0 aromatic heterocycles. The van der Waals surface area contributed by atoms with Gasteiger partial charge in [0.15, 0.2) is 0 Å². The van der Waals surface area contributed by atoms with Crippen molar-refractivity contribution in [3.63, 3.8) is 0 Å². The third-order valence-corrected chi connectivity index (χ3v) is 4.39. The Balaban J connectivity index is 2.10. The van der Waals surface area contributed by atoms with E-state index in [1.807, 2.05) is 6.92 Å². The summed E-state index contributed by atoms with van der Waals surface area (Å²) >= 11 is 0. The topological polar surface area (TPSA) is 90.3 Å². The highest BCUT2D eigenvalue weighted by Crippen LogP contribution is 2.36. The fourth-order valence-electron chi connectivity index (χ4n) is 2.92. The zero-order valence-corrected chi connectivity index (χ0v) is 12.6. The van der Waals surface area contributed by atoms with E-state index < -0.39 is 18.1 Å². The van der Waals surface area contributed by atoms with E-state index in [1.54, 1.807) is 12.0 Å². The van der Waals surface area contributed by atoms with Crippen LogP contribution in [0.2, 0.25) is 0 Å². The average molecular weight is 300 g/mol. The molecule has 0 bridgehead atoms. The zero-order valence-electron chi connectivity index (χ0n) is 12.6. The first-order valence-corrected chi connectivity index (χ1v) is 7.42. The van der Waals surface area contributed by atoms with Gasteiger partial charge in [-0.05, 0) is 25.7 Å². The molecule has 0 radical (unpaired) electrons. The summed E-state index contributed by atoms with van der Waals surface area (Å²) in [6.45, 7) is 2.92. The summed E-state index contributed by atoms with van der Waals surface area (Å²) in [7, 11) is 1.57. The smallest absolute Gasteiger partial charge is 0.326 e. The van der Waals surface area contributed by atoms with Gasteiger partial charge in [0.25, 0.3) is 0 Å². The number of ether oxygens (including phenoxy) is 1. The lowest BCUT2D eigenvalue weighted by atomic mass is 10.2. The summed E-state index contributed by atoms with van der Waals surface area (Å²) in [5, 5.41) is 18.9. The Kier molecular flexibility index (Phi) is 5.05. The molecule has 2 N–H and O–H groups in total. The molecule has 7 heteroatoms. The van der Waals surface area contributed by atoms with E-state index in [0.717, 1.165) is 12.8 Å². The minimum atomic E-state index is -1.06. The first-order valence-electron chi connectivity index (χ1n) is 7.42. The van der Waals surface area contributed by atoms with Crippen molar-refractivity contribution in [3.8, 4) is 0 Å². The van der Waals surface area contributed by atoms with Crippen molar-refractivity contribution < 1.29 is 24.5 Å². The number of urea groups is 1. The van der Waals surface area contributed by atoms with Crippen molar-refractivity contribution >= 4 is 12.0 Å². The van der Waals surface area contributed by atoms with Crippen LogP contribution in [0.15, 0.2) is 0 Å². The van der Waals surface area contributed by atoms with Gasteiger partial charge in [-0.1, -0.05) is 0 Å². The molecule has 1 aliphatic heterocycles. The van der Waals surface area contributed by atoms with Crippen molar-refractivity contribution in [1.29, 1.82) is 0 Å². The summed E-state index contributed by atoms with van der Waals surface area (Å²) in [6.07, 6.45) is 1.53. The summed E-state index contributed by atoms with van der Waals surface area (Å²) in [6, 6.07) is -1.18. The third-order valence-electron chi connectivity index (χ3n) is 4.39. The monoisotopic (exact) mass is 300 g/mol. The highest BCUT2D eigenvalue weighted by atomic mass is 16.5. The molecule has 0 aromatic rings. The van der Waals surface area contributed by atoms with Crippen molar-refractivity contribution in [2.45, 2.75) is 44.4 Å². The second-order valence-electron chi connectivity index (χ2n) is 5.94. The van der Waals surface area contributed by atoms with Crippen LogP contribution in [0.25, 0.3) is 0 Å². The van der Waals surface area contributed by atoms with Gasteiger partial charge in [-0.25, -0.2) is 9.59 Å². The SMILES string of the molecule is COCCN(C(=O)N1CC(O)C[C@H]1C(=O)O)C(C)C1CC1. The molecule has 0 spiro atoms. The Hall–Kier alpha value is -1.34. The molecule has 21 heavy (non-hydrogen) atoms. The average Bonchev–Trinajstić information content (AvgIpc) is 3.20. The number of rotatable bonds is 6. The van der Waals surface area contributed by atoms with Gasteiger partial charge >= 0.3 is 12.0 Å². The number of aliphatic carboxylic acids is 1. The number of hydrogen-bond donors (Lipinski definition) is 2. The number of hydrogen-bond acceptors (Lipinski definition) is 4. The molecule has 2 rings (SSSR count). The fourth-order valence-corrected chi connectivity index (χ4v) is 2.92. The van der Waals surface area contributed by atoms with Crippen molar-refractivity contribution in [3.05, 3.63) is 0 Å². The number of carboxylic acid groups (broad SMARTS) is 1. The fraction of sp³-hybridized carbons (Fsp3) is 0.857. The Labute approximate surface area is 124 Å². The highest BCUT2D eigenvalue weighted by molar-refractivity contribution is 5.83. The van der Waals surface area contributed by atoms with Crippen LogP contribution in [0.4, 0.5) is 4.79 Å². The molecule has 2 unspecified atom stereocenters. The van der Waals surface area contributed by atoms with Crippen LogP contribution >= 0.6 is 0 Å². The first kappa shape index (κ1) is 16.0. The maximum absolute atomic E-state index is 12.7. The van der Waals surface area contributed by atoms with Gasteiger partial charge in [0.05, 0.1) is 12.7 Å². The number of β-amino-alcohol motifs (C(OH)–C–C–N with tert-alkyl or cyclic N) is 1. The number of likely N-dealkylation sites (tertiary alicyclic amines) is 1. The molecule has 2 fully saturated rings. The van der Waals surface area contributed by atoms with Crippen LogP contribution in [0.5, 0.6) is 0 Å². The Bertz CT molecular complexity index is 399. The molecule has 1 saturated heterocycles. The standard InChI is InChI=1S/C14H24N2O5/c1-9(10-3-4-10)15(5-6-21-2)14(20)16-8-11(17)7-12(16)13(18)19/h9-12,17H,3-8H2,1-2H3,(H,18,19)/t9?,11?,12-/m0/s1. The number of nitrogens with zero attached hydrogens (tertiary/aromatic N) is 2.